The van der Waals surface area contributed by atoms with Crippen LogP contribution in [0.4, 0.5) is 5.82 Å². The van der Waals surface area contributed by atoms with Crippen molar-refractivity contribution in [2.24, 2.45) is 0 Å². The van der Waals surface area contributed by atoms with Gasteiger partial charge in [-0.05, 0) is 18.7 Å². The molecule has 0 radical (unpaired) electrons. The van der Waals surface area contributed by atoms with Crippen LogP contribution in [-0.2, 0) is 5.41 Å². The Bertz CT molecular complexity index is 559. The van der Waals surface area contributed by atoms with Crippen LogP contribution in [0.15, 0.2) is 15.4 Å². The fraction of sp³-hybridized carbons (Fsp3) is 0.455. The van der Waals surface area contributed by atoms with Gasteiger partial charge in [-0.25, -0.2) is 9.97 Å². The molecular weight excluding hydrogens is 266 g/mol. The van der Waals surface area contributed by atoms with Gasteiger partial charge in [0.2, 0.25) is 0 Å². The summed E-state index contributed by atoms with van der Waals surface area (Å²) in [6, 6.07) is 1.76. The number of anilines is 1. The summed E-state index contributed by atoms with van der Waals surface area (Å²) in [6.07, 6.45) is 0. The molecule has 0 aliphatic rings. The lowest BCUT2D eigenvalue weighted by molar-refractivity contribution is 0.540. The van der Waals surface area contributed by atoms with E-state index in [1.54, 1.807) is 17.4 Å². The summed E-state index contributed by atoms with van der Waals surface area (Å²) in [5.74, 6) is 1.23. The highest BCUT2D eigenvalue weighted by molar-refractivity contribution is 8.01. The predicted octanol–water partition coefficient (Wildman–Crippen LogP) is 2.67. The van der Waals surface area contributed by atoms with E-state index in [0.29, 0.717) is 5.82 Å². The maximum Gasteiger partial charge on any atom is 0.180 e. The minimum Gasteiger partial charge on any atom is -0.384 e. The highest BCUT2D eigenvalue weighted by Crippen LogP contribution is 2.30. The monoisotopic (exact) mass is 281 g/mol. The molecule has 2 N–H and O–H groups in total. The van der Waals surface area contributed by atoms with Gasteiger partial charge in [-0.2, -0.15) is 0 Å². The van der Waals surface area contributed by atoms with E-state index >= 15 is 0 Å². The molecule has 0 aliphatic heterocycles. The number of aromatic nitrogens is 4. The lowest BCUT2D eigenvalue weighted by Gasteiger charge is -2.17. The van der Waals surface area contributed by atoms with E-state index < -0.39 is 0 Å². The van der Waals surface area contributed by atoms with Gasteiger partial charge in [0.1, 0.15) is 21.7 Å². The third-order valence-corrected chi connectivity index (χ3v) is 3.90. The standard InChI is InChI=1S/C11H15N5S2/c1-6-15-16-10(17-6)18-8-5-7(12)13-9(14-8)11(2,3)4/h5H,1-4H3,(H2,12,13,14). The summed E-state index contributed by atoms with van der Waals surface area (Å²) in [5.41, 5.74) is 5.69. The number of aryl methyl sites for hydroxylation is 1. The Morgan fingerprint density at radius 1 is 1.22 bits per heavy atom. The molecule has 2 aromatic rings. The molecule has 2 aromatic heterocycles. The molecule has 0 aromatic carbocycles. The SMILES string of the molecule is Cc1nnc(Sc2cc(N)nc(C(C)(C)C)n2)s1. The number of hydrogen-bond acceptors (Lipinski definition) is 7. The van der Waals surface area contributed by atoms with Crippen LogP contribution in [0.25, 0.3) is 0 Å². The summed E-state index contributed by atoms with van der Waals surface area (Å²) in [5, 5.41) is 9.79. The first-order valence-corrected chi connectivity index (χ1v) is 7.11. The van der Waals surface area contributed by atoms with Crippen molar-refractivity contribution in [3.63, 3.8) is 0 Å². The van der Waals surface area contributed by atoms with Gasteiger partial charge in [0.05, 0.1) is 0 Å². The van der Waals surface area contributed by atoms with E-state index in [4.69, 9.17) is 5.73 Å². The van der Waals surface area contributed by atoms with E-state index in [0.717, 1.165) is 20.2 Å². The number of nitrogens with zero attached hydrogens (tertiary/aromatic N) is 4. The fourth-order valence-corrected chi connectivity index (χ4v) is 3.01. The van der Waals surface area contributed by atoms with Crippen molar-refractivity contribution in [1.82, 2.24) is 20.2 Å². The summed E-state index contributed by atoms with van der Waals surface area (Å²) < 4.78 is 0.866. The molecule has 0 spiro atoms. The normalized spacial score (nSPS) is 11.8. The van der Waals surface area contributed by atoms with Gasteiger partial charge in [-0.3, -0.25) is 0 Å². The fourth-order valence-electron chi connectivity index (χ4n) is 1.24. The molecule has 0 unspecified atom stereocenters. The van der Waals surface area contributed by atoms with E-state index in [9.17, 15) is 0 Å². The molecule has 18 heavy (non-hydrogen) atoms. The van der Waals surface area contributed by atoms with Crippen LogP contribution in [0.2, 0.25) is 0 Å². The topological polar surface area (TPSA) is 77.6 Å². The molecule has 0 amide bonds. The Labute approximate surface area is 114 Å². The largest absolute Gasteiger partial charge is 0.384 e. The number of nitrogens with two attached hydrogens (primary N) is 1. The van der Waals surface area contributed by atoms with Gasteiger partial charge in [-0.1, -0.05) is 32.1 Å². The lowest BCUT2D eigenvalue weighted by Crippen LogP contribution is -2.17. The van der Waals surface area contributed by atoms with E-state index in [1.165, 1.54) is 11.8 Å². The number of hydrogen-bond donors (Lipinski definition) is 1. The second-order valence-corrected chi connectivity index (χ2v) is 7.34. The van der Waals surface area contributed by atoms with Crippen molar-refractivity contribution in [2.75, 3.05) is 5.73 Å². The average molecular weight is 281 g/mol. The zero-order valence-corrected chi connectivity index (χ0v) is 12.4. The third-order valence-electron chi connectivity index (χ3n) is 2.09. The molecule has 0 fully saturated rings. The maximum atomic E-state index is 5.82. The Balaban J connectivity index is 2.31. The Morgan fingerprint density at radius 2 is 1.94 bits per heavy atom. The first-order chi connectivity index (χ1) is 8.34. The van der Waals surface area contributed by atoms with Crippen LogP contribution in [-0.4, -0.2) is 20.2 Å². The second kappa shape index (κ2) is 4.81. The molecule has 0 bridgehead atoms. The van der Waals surface area contributed by atoms with Gasteiger partial charge in [0, 0.05) is 11.5 Å². The van der Waals surface area contributed by atoms with E-state index in [-0.39, 0.29) is 5.41 Å². The molecule has 0 saturated carbocycles. The molecular formula is C11H15N5S2. The minimum atomic E-state index is -0.123. The van der Waals surface area contributed by atoms with Crippen LogP contribution < -0.4 is 5.73 Å². The average Bonchev–Trinajstić information content (AvgIpc) is 2.61. The van der Waals surface area contributed by atoms with Gasteiger partial charge in [0.15, 0.2) is 4.34 Å². The summed E-state index contributed by atoms with van der Waals surface area (Å²) in [4.78, 5) is 8.79. The first kappa shape index (κ1) is 13.2. The summed E-state index contributed by atoms with van der Waals surface area (Å²) in [6.45, 7) is 8.11. The van der Waals surface area contributed by atoms with Crippen molar-refractivity contribution in [3.05, 3.63) is 16.9 Å². The van der Waals surface area contributed by atoms with Gasteiger partial charge >= 0.3 is 0 Å². The first-order valence-electron chi connectivity index (χ1n) is 5.47. The zero-order valence-electron chi connectivity index (χ0n) is 10.8. The quantitative estimate of drug-likeness (QED) is 0.853. The maximum absolute atomic E-state index is 5.82. The molecule has 2 rings (SSSR count). The van der Waals surface area contributed by atoms with Crippen LogP contribution in [0.1, 0.15) is 31.6 Å². The molecule has 0 atom stereocenters. The molecule has 5 nitrogen and oxygen atoms in total. The molecule has 96 valence electrons. The predicted molar refractivity (Wildman–Crippen MR) is 73.9 cm³/mol. The van der Waals surface area contributed by atoms with Gasteiger partial charge in [0.25, 0.3) is 0 Å². The van der Waals surface area contributed by atoms with E-state index in [2.05, 4.69) is 40.9 Å². The Kier molecular flexibility index (Phi) is 3.54. The van der Waals surface area contributed by atoms with Crippen LogP contribution in [0, 0.1) is 6.92 Å². The highest BCUT2D eigenvalue weighted by atomic mass is 32.2. The van der Waals surface area contributed by atoms with Crippen LogP contribution in [0.5, 0.6) is 0 Å². The molecule has 0 aliphatic carbocycles. The van der Waals surface area contributed by atoms with Crippen molar-refractivity contribution < 1.29 is 0 Å². The van der Waals surface area contributed by atoms with Crippen LogP contribution >= 0.6 is 23.1 Å². The third kappa shape index (κ3) is 3.17. The zero-order chi connectivity index (χ0) is 13.3. The van der Waals surface area contributed by atoms with Crippen molar-refractivity contribution >= 4 is 28.9 Å². The Morgan fingerprint density at radius 3 is 2.50 bits per heavy atom. The molecule has 0 saturated heterocycles. The smallest absolute Gasteiger partial charge is 0.180 e. The highest BCUT2D eigenvalue weighted by Gasteiger charge is 2.19. The van der Waals surface area contributed by atoms with Crippen molar-refractivity contribution in [1.29, 1.82) is 0 Å². The van der Waals surface area contributed by atoms with Crippen molar-refractivity contribution in [2.45, 2.75) is 42.5 Å². The van der Waals surface area contributed by atoms with Gasteiger partial charge in [-0.15, -0.1) is 10.2 Å². The Hall–Kier alpha value is -1.21. The second-order valence-electron chi connectivity index (χ2n) is 4.89. The van der Waals surface area contributed by atoms with Crippen LogP contribution in [0.3, 0.4) is 0 Å². The summed E-state index contributed by atoms with van der Waals surface area (Å²) in [7, 11) is 0. The molecule has 2 heterocycles. The summed E-state index contributed by atoms with van der Waals surface area (Å²) >= 11 is 3.01. The molecule has 7 heteroatoms. The van der Waals surface area contributed by atoms with E-state index in [1.807, 2.05) is 6.92 Å². The number of nitrogen functional groups attached to an aromatic ring is 1. The lowest BCUT2D eigenvalue weighted by atomic mass is 9.96. The number of rotatable bonds is 2. The van der Waals surface area contributed by atoms with Crippen molar-refractivity contribution in [3.8, 4) is 0 Å². The minimum absolute atomic E-state index is 0.123. The van der Waals surface area contributed by atoms with Gasteiger partial charge < -0.3 is 5.73 Å².